The maximum Gasteiger partial charge on any atom is 0.124 e. The molecule has 0 aliphatic carbocycles. The van der Waals surface area contributed by atoms with Gasteiger partial charge in [-0.2, -0.15) is 0 Å². The van der Waals surface area contributed by atoms with Crippen molar-refractivity contribution in [3.8, 4) is 5.75 Å². The van der Waals surface area contributed by atoms with Gasteiger partial charge >= 0.3 is 0 Å². The minimum absolute atomic E-state index is 0.179. The van der Waals surface area contributed by atoms with Crippen molar-refractivity contribution in [1.82, 2.24) is 0 Å². The molecule has 116 valence electrons. The number of aryl methyl sites for hydroxylation is 1. The zero-order valence-corrected chi connectivity index (χ0v) is 12.8. The van der Waals surface area contributed by atoms with Crippen molar-refractivity contribution in [2.24, 2.45) is 5.92 Å². The molecule has 3 atom stereocenters. The van der Waals surface area contributed by atoms with Crippen LogP contribution in [0, 0.1) is 12.8 Å². The first-order valence-electron chi connectivity index (χ1n) is 7.68. The van der Waals surface area contributed by atoms with E-state index in [1.54, 1.807) is 7.11 Å². The molecule has 3 unspecified atom stereocenters. The lowest BCUT2D eigenvalue weighted by Crippen LogP contribution is -2.41. The van der Waals surface area contributed by atoms with Crippen LogP contribution in [-0.4, -0.2) is 37.6 Å². The highest BCUT2D eigenvalue weighted by Gasteiger charge is 2.43. The molecule has 0 aromatic heterocycles. The van der Waals surface area contributed by atoms with Gasteiger partial charge in [-0.05, 0) is 37.3 Å². The first kappa shape index (κ1) is 14.8. The molecule has 21 heavy (non-hydrogen) atoms. The Balaban J connectivity index is 1.79. The van der Waals surface area contributed by atoms with Crippen LogP contribution in [0.2, 0.25) is 0 Å². The Morgan fingerprint density at radius 1 is 1.38 bits per heavy atom. The summed E-state index contributed by atoms with van der Waals surface area (Å²) in [6, 6.07) is 5.98. The molecule has 2 aliphatic rings. The average Bonchev–Trinajstić information content (AvgIpc) is 2.94. The Morgan fingerprint density at radius 2 is 2.24 bits per heavy atom. The molecule has 0 radical (unpaired) electrons. The molecule has 2 heterocycles. The normalized spacial score (nSPS) is 30.5. The van der Waals surface area contributed by atoms with E-state index >= 15 is 0 Å². The van der Waals surface area contributed by atoms with E-state index < -0.39 is 6.10 Å². The number of benzene rings is 1. The summed E-state index contributed by atoms with van der Waals surface area (Å²) < 4.78 is 16.9. The number of methoxy groups -OCH3 is 1. The number of hydrogen-bond acceptors (Lipinski definition) is 4. The smallest absolute Gasteiger partial charge is 0.124 e. The second kappa shape index (κ2) is 5.95. The molecule has 4 heteroatoms. The minimum Gasteiger partial charge on any atom is -0.496 e. The maximum absolute atomic E-state index is 10.8. The number of rotatable bonds is 3. The topological polar surface area (TPSA) is 47.9 Å². The van der Waals surface area contributed by atoms with Crippen LogP contribution in [0.15, 0.2) is 18.2 Å². The minimum atomic E-state index is -0.512. The van der Waals surface area contributed by atoms with Gasteiger partial charge in [-0.1, -0.05) is 12.1 Å². The molecule has 1 spiro atoms. The first-order valence-corrected chi connectivity index (χ1v) is 7.68. The van der Waals surface area contributed by atoms with Gasteiger partial charge < -0.3 is 19.3 Å². The van der Waals surface area contributed by atoms with E-state index in [9.17, 15) is 5.11 Å². The number of hydrogen-bond donors (Lipinski definition) is 1. The third-order valence-electron chi connectivity index (χ3n) is 4.75. The summed E-state index contributed by atoms with van der Waals surface area (Å²) in [4.78, 5) is 0. The number of ether oxygens (including phenoxy) is 3. The van der Waals surface area contributed by atoms with Gasteiger partial charge in [0.1, 0.15) is 5.75 Å². The largest absolute Gasteiger partial charge is 0.496 e. The van der Waals surface area contributed by atoms with Crippen LogP contribution in [0.3, 0.4) is 0 Å². The monoisotopic (exact) mass is 292 g/mol. The fraction of sp³-hybridized carbons (Fsp3) is 0.647. The van der Waals surface area contributed by atoms with Crippen LogP contribution in [0.5, 0.6) is 5.75 Å². The second-order valence-corrected chi connectivity index (χ2v) is 6.28. The molecule has 0 bridgehead atoms. The lowest BCUT2D eigenvalue weighted by molar-refractivity contribution is -0.117. The SMILES string of the molecule is COc1cc(C)ccc1C(O)C1CCOC2(CCOC2)C1. The highest BCUT2D eigenvalue weighted by Crippen LogP contribution is 2.42. The summed E-state index contributed by atoms with van der Waals surface area (Å²) in [5.74, 6) is 0.961. The Morgan fingerprint density at radius 3 is 2.95 bits per heavy atom. The Kier molecular flexibility index (Phi) is 4.20. The molecule has 2 aliphatic heterocycles. The highest BCUT2D eigenvalue weighted by atomic mass is 16.6. The Labute approximate surface area is 126 Å². The van der Waals surface area contributed by atoms with Crippen LogP contribution in [0.4, 0.5) is 0 Å². The Hall–Kier alpha value is -1.10. The molecular formula is C17H24O4. The third-order valence-corrected chi connectivity index (χ3v) is 4.75. The van der Waals surface area contributed by atoms with E-state index in [1.807, 2.05) is 25.1 Å². The summed E-state index contributed by atoms with van der Waals surface area (Å²) >= 11 is 0. The summed E-state index contributed by atoms with van der Waals surface area (Å²) in [7, 11) is 1.65. The van der Waals surface area contributed by atoms with Gasteiger partial charge in [0.15, 0.2) is 0 Å². The quantitative estimate of drug-likeness (QED) is 0.930. The predicted molar refractivity (Wildman–Crippen MR) is 79.5 cm³/mol. The molecule has 4 nitrogen and oxygen atoms in total. The van der Waals surface area contributed by atoms with Crippen molar-refractivity contribution in [1.29, 1.82) is 0 Å². The fourth-order valence-corrected chi connectivity index (χ4v) is 3.52. The van der Waals surface area contributed by atoms with Crippen LogP contribution in [0.25, 0.3) is 0 Å². The van der Waals surface area contributed by atoms with Crippen molar-refractivity contribution in [2.45, 2.75) is 37.9 Å². The molecule has 2 fully saturated rings. The molecular weight excluding hydrogens is 268 g/mol. The fourth-order valence-electron chi connectivity index (χ4n) is 3.52. The Bertz CT molecular complexity index is 494. The molecule has 1 N–H and O–H groups in total. The van der Waals surface area contributed by atoms with Crippen LogP contribution < -0.4 is 4.74 Å². The van der Waals surface area contributed by atoms with E-state index in [1.165, 1.54) is 0 Å². The number of aliphatic hydroxyl groups is 1. The van der Waals surface area contributed by atoms with E-state index in [-0.39, 0.29) is 11.5 Å². The van der Waals surface area contributed by atoms with Crippen molar-refractivity contribution in [3.05, 3.63) is 29.3 Å². The average molecular weight is 292 g/mol. The van der Waals surface area contributed by atoms with Gasteiger partial charge in [0, 0.05) is 25.2 Å². The van der Waals surface area contributed by atoms with Crippen molar-refractivity contribution >= 4 is 0 Å². The van der Waals surface area contributed by atoms with E-state index in [4.69, 9.17) is 14.2 Å². The predicted octanol–water partition coefficient (Wildman–Crippen LogP) is 2.62. The molecule has 3 rings (SSSR count). The van der Waals surface area contributed by atoms with E-state index in [0.29, 0.717) is 13.2 Å². The van der Waals surface area contributed by atoms with Gasteiger partial charge in [-0.15, -0.1) is 0 Å². The molecule has 2 saturated heterocycles. The summed E-state index contributed by atoms with van der Waals surface area (Å²) in [6.07, 6.45) is 2.15. The van der Waals surface area contributed by atoms with Crippen LogP contribution in [-0.2, 0) is 9.47 Å². The van der Waals surface area contributed by atoms with Crippen molar-refractivity contribution in [3.63, 3.8) is 0 Å². The van der Waals surface area contributed by atoms with Crippen LogP contribution >= 0.6 is 0 Å². The van der Waals surface area contributed by atoms with Gasteiger partial charge in [-0.25, -0.2) is 0 Å². The maximum atomic E-state index is 10.8. The first-order chi connectivity index (χ1) is 10.1. The standard InChI is InChI=1S/C17H24O4/c1-12-3-4-14(15(9-12)19-2)16(18)13-5-7-21-17(10-13)6-8-20-11-17/h3-4,9,13,16,18H,5-8,10-11H2,1-2H3. The summed E-state index contributed by atoms with van der Waals surface area (Å²) in [5, 5.41) is 10.8. The molecule has 1 aromatic rings. The summed E-state index contributed by atoms with van der Waals surface area (Å²) in [6.45, 7) is 4.13. The second-order valence-electron chi connectivity index (χ2n) is 6.28. The number of aliphatic hydroxyl groups excluding tert-OH is 1. The van der Waals surface area contributed by atoms with E-state index in [0.717, 1.165) is 42.7 Å². The molecule has 0 amide bonds. The van der Waals surface area contributed by atoms with Crippen molar-refractivity contribution in [2.75, 3.05) is 26.9 Å². The van der Waals surface area contributed by atoms with Gasteiger partial charge in [0.25, 0.3) is 0 Å². The zero-order chi connectivity index (χ0) is 14.9. The highest BCUT2D eigenvalue weighted by molar-refractivity contribution is 5.39. The van der Waals surface area contributed by atoms with Gasteiger partial charge in [-0.3, -0.25) is 0 Å². The van der Waals surface area contributed by atoms with E-state index in [2.05, 4.69) is 0 Å². The van der Waals surface area contributed by atoms with Crippen LogP contribution in [0.1, 0.15) is 36.5 Å². The lowest BCUT2D eigenvalue weighted by atomic mass is 9.80. The lowest BCUT2D eigenvalue weighted by Gasteiger charge is -2.39. The van der Waals surface area contributed by atoms with Gasteiger partial charge in [0.2, 0.25) is 0 Å². The van der Waals surface area contributed by atoms with Gasteiger partial charge in [0.05, 0.1) is 25.4 Å². The van der Waals surface area contributed by atoms with Crippen molar-refractivity contribution < 1.29 is 19.3 Å². The third kappa shape index (κ3) is 2.93. The summed E-state index contributed by atoms with van der Waals surface area (Å²) in [5.41, 5.74) is 1.83. The molecule has 1 aromatic carbocycles. The zero-order valence-electron chi connectivity index (χ0n) is 12.8. The molecule has 0 saturated carbocycles.